The van der Waals surface area contributed by atoms with E-state index in [1.807, 2.05) is 0 Å². The largest absolute Gasteiger partial charge is 0.265 e. The van der Waals surface area contributed by atoms with Crippen molar-refractivity contribution < 1.29 is 4.57 Å². The van der Waals surface area contributed by atoms with Crippen LogP contribution in [0.2, 0.25) is 0 Å². The lowest BCUT2D eigenvalue weighted by atomic mass is 9.79. The van der Waals surface area contributed by atoms with E-state index in [9.17, 15) is 0 Å². The maximum Gasteiger partial charge on any atom is 0.265 e. The number of rotatable bonds is 6. The van der Waals surface area contributed by atoms with Gasteiger partial charge in [-0.25, -0.2) is 4.57 Å². The summed E-state index contributed by atoms with van der Waals surface area (Å²) in [6.07, 6.45) is 0. The Labute approximate surface area is 273 Å². The van der Waals surface area contributed by atoms with E-state index in [-0.39, 0.29) is 10.8 Å². The minimum absolute atomic E-state index is 0.0930. The number of hydrogen-bond donors (Lipinski definition) is 0. The lowest BCUT2D eigenvalue weighted by molar-refractivity contribution is -0.654. The van der Waals surface area contributed by atoms with Crippen LogP contribution < -0.4 is 4.57 Å². The van der Waals surface area contributed by atoms with Crippen molar-refractivity contribution in [3.63, 3.8) is 0 Å². The lowest BCUT2D eigenvalue weighted by Gasteiger charge is -2.26. The molecule has 0 radical (unpaired) electrons. The predicted octanol–water partition coefficient (Wildman–Crippen LogP) is 11.8. The maximum atomic E-state index is 2.56. The first-order valence-corrected chi connectivity index (χ1v) is 16.9. The van der Waals surface area contributed by atoms with Gasteiger partial charge in [0.1, 0.15) is 5.69 Å². The molecule has 0 bridgehead atoms. The molecule has 236 valence electrons. The van der Waals surface area contributed by atoms with Crippen molar-refractivity contribution in [1.29, 1.82) is 0 Å². The topological polar surface area (TPSA) is 8.81 Å². The molecule has 0 saturated carbocycles. The monoisotopic (exact) mass is 599 g/mol. The Hall–Kier alpha value is -3.65. The minimum Gasteiger partial charge on any atom is -0.229 e. The first kappa shape index (κ1) is 32.7. The van der Waals surface area contributed by atoms with Crippen LogP contribution in [-0.4, -0.2) is 4.57 Å². The zero-order valence-electron chi connectivity index (χ0n) is 30.1. The van der Waals surface area contributed by atoms with Gasteiger partial charge < -0.3 is 0 Å². The normalized spacial score (nSPS) is 12.7. The summed E-state index contributed by atoms with van der Waals surface area (Å²) in [5, 5.41) is 0. The van der Waals surface area contributed by atoms with Crippen LogP contribution in [-0.2, 0) is 17.9 Å². The fourth-order valence-corrected chi connectivity index (χ4v) is 6.71. The molecule has 1 aromatic heterocycles. The molecule has 5 aromatic rings. The van der Waals surface area contributed by atoms with E-state index in [4.69, 9.17) is 0 Å². The SMILES string of the molecule is CC(C)c1cc(-c2ccc(-c3cc(C(C)(C)C)cc(C(C)(C)C)c3)cc2)cc(C(C)C)c1-n1c(C(C)C)[n+](C)c2ccccc21. The molecule has 5 rings (SSSR count). The zero-order chi connectivity index (χ0) is 33.0. The Morgan fingerprint density at radius 1 is 0.533 bits per heavy atom. The smallest absolute Gasteiger partial charge is 0.229 e. The minimum atomic E-state index is 0.0930. The van der Waals surface area contributed by atoms with Crippen LogP contribution in [0.15, 0.2) is 78.9 Å². The van der Waals surface area contributed by atoms with Gasteiger partial charge in [-0.15, -0.1) is 0 Å². The molecule has 2 nitrogen and oxygen atoms in total. The molecule has 4 aromatic carbocycles. The van der Waals surface area contributed by atoms with Crippen LogP contribution >= 0.6 is 0 Å². The third kappa shape index (κ3) is 6.26. The molecular formula is C43H55N2+. The summed E-state index contributed by atoms with van der Waals surface area (Å²) in [7, 11) is 2.22. The summed E-state index contributed by atoms with van der Waals surface area (Å²) >= 11 is 0. The zero-order valence-corrected chi connectivity index (χ0v) is 30.1. The van der Waals surface area contributed by atoms with Crippen LogP contribution in [0.1, 0.15) is 129 Å². The van der Waals surface area contributed by atoms with E-state index in [0.29, 0.717) is 17.8 Å². The Bertz CT molecular complexity index is 1770. The standard InChI is InChI=1S/C43H55N2/c1-27(2)36-24-33(25-37(28(3)4)40(36)45-39-17-15-14-16-38(39)44(13)41(45)29(5)6)31-20-18-30(19-21-31)32-22-34(42(7,8)9)26-35(23-32)43(10,11)12/h14-29H,1-13H3/q+1. The van der Waals surface area contributed by atoms with Crippen LogP contribution in [0.4, 0.5) is 0 Å². The van der Waals surface area contributed by atoms with Gasteiger partial charge in [0.05, 0.1) is 13.0 Å². The van der Waals surface area contributed by atoms with Crippen LogP contribution in [0.3, 0.4) is 0 Å². The fourth-order valence-electron chi connectivity index (χ4n) is 6.71. The number of fused-ring (bicyclic) bond motifs is 1. The molecule has 0 aliphatic carbocycles. The number of aromatic nitrogens is 2. The molecule has 1 heterocycles. The Kier molecular flexibility index (Phi) is 8.68. The molecule has 0 saturated heterocycles. The van der Waals surface area contributed by atoms with Crippen molar-refractivity contribution in [2.24, 2.45) is 7.05 Å². The van der Waals surface area contributed by atoms with Crippen LogP contribution in [0.25, 0.3) is 39.0 Å². The van der Waals surface area contributed by atoms with Gasteiger partial charge in [-0.05, 0) is 80.3 Å². The molecule has 0 N–H and O–H groups in total. The molecule has 0 spiro atoms. The van der Waals surface area contributed by atoms with E-state index in [0.717, 1.165) is 0 Å². The van der Waals surface area contributed by atoms with E-state index >= 15 is 0 Å². The quantitative estimate of drug-likeness (QED) is 0.172. The van der Waals surface area contributed by atoms with Gasteiger partial charge in [0.15, 0.2) is 11.0 Å². The molecule has 0 aliphatic rings. The highest BCUT2D eigenvalue weighted by Gasteiger charge is 2.31. The van der Waals surface area contributed by atoms with Gasteiger partial charge in [-0.1, -0.05) is 138 Å². The van der Waals surface area contributed by atoms with Gasteiger partial charge in [0.25, 0.3) is 5.82 Å². The van der Waals surface area contributed by atoms with Crippen molar-refractivity contribution in [1.82, 2.24) is 4.57 Å². The second kappa shape index (κ2) is 11.9. The highest BCUT2D eigenvalue weighted by atomic mass is 15.2. The number of para-hydroxylation sites is 2. The summed E-state index contributed by atoms with van der Waals surface area (Å²) in [5.74, 6) is 2.47. The first-order valence-electron chi connectivity index (χ1n) is 16.9. The molecule has 0 fully saturated rings. The van der Waals surface area contributed by atoms with Gasteiger partial charge in [0.2, 0.25) is 0 Å². The van der Waals surface area contributed by atoms with Crippen molar-refractivity contribution in [2.45, 2.75) is 112 Å². The first-order chi connectivity index (χ1) is 21.0. The van der Waals surface area contributed by atoms with Gasteiger partial charge in [-0.2, -0.15) is 4.57 Å². The van der Waals surface area contributed by atoms with E-state index in [1.165, 1.54) is 67.1 Å². The molecule has 0 unspecified atom stereocenters. The third-order valence-corrected chi connectivity index (χ3v) is 9.43. The summed E-state index contributed by atoms with van der Waals surface area (Å²) < 4.78 is 4.95. The van der Waals surface area contributed by atoms with Crippen molar-refractivity contribution in [2.75, 3.05) is 0 Å². The average Bonchev–Trinajstić information content (AvgIpc) is 3.27. The number of hydrogen-bond acceptors (Lipinski definition) is 0. The van der Waals surface area contributed by atoms with Gasteiger partial charge in [0, 0.05) is 11.1 Å². The molecule has 0 atom stereocenters. The second-order valence-electron chi connectivity index (χ2n) is 16.1. The van der Waals surface area contributed by atoms with Crippen molar-refractivity contribution in [3.8, 4) is 27.9 Å². The highest BCUT2D eigenvalue weighted by Crippen LogP contribution is 2.40. The van der Waals surface area contributed by atoms with Crippen LogP contribution in [0.5, 0.6) is 0 Å². The van der Waals surface area contributed by atoms with Gasteiger partial charge >= 0.3 is 0 Å². The molecular weight excluding hydrogens is 544 g/mol. The highest BCUT2D eigenvalue weighted by molar-refractivity contribution is 5.79. The third-order valence-electron chi connectivity index (χ3n) is 9.43. The predicted molar refractivity (Wildman–Crippen MR) is 195 cm³/mol. The summed E-state index contributed by atoms with van der Waals surface area (Å²) in [6, 6.07) is 30.2. The van der Waals surface area contributed by atoms with Crippen molar-refractivity contribution in [3.05, 3.63) is 107 Å². The maximum absolute atomic E-state index is 2.56. The average molecular weight is 600 g/mol. The number of nitrogens with zero attached hydrogens (tertiary/aromatic N) is 2. The molecule has 0 aliphatic heterocycles. The molecule has 2 heteroatoms. The number of benzene rings is 4. The number of aryl methyl sites for hydroxylation is 1. The summed E-state index contributed by atoms with van der Waals surface area (Å²) in [4.78, 5) is 0. The molecule has 45 heavy (non-hydrogen) atoms. The summed E-state index contributed by atoms with van der Waals surface area (Å²) in [5.41, 5.74) is 14.8. The van der Waals surface area contributed by atoms with Gasteiger partial charge in [-0.3, -0.25) is 0 Å². The second-order valence-corrected chi connectivity index (χ2v) is 16.1. The van der Waals surface area contributed by atoms with Crippen molar-refractivity contribution >= 4 is 11.0 Å². The van der Waals surface area contributed by atoms with E-state index < -0.39 is 0 Å². The fraction of sp³-hybridized carbons (Fsp3) is 0.419. The molecule has 0 amide bonds. The van der Waals surface area contributed by atoms with E-state index in [1.54, 1.807) is 0 Å². The van der Waals surface area contributed by atoms with Crippen LogP contribution in [0, 0.1) is 0 Å². The Morgan fingerprint density at radius 3 is 1.40 bits per heavy atom. The summed E-state index contributed by atoms with van der Waals surface area (Å²) in [6.45, 7) is 27.8. The van der Waals surface area contributed by atoms with E-state index in [2.05, 4.69) is 178 Å². The Morgan fingerprint density at radius 2 is 0.978 bits per heavy atom. The lowest BCUT2D eigenvalue weighted by Crippen LogP contribution is -2.34. The number of imidazole rings is 1. The Balaban J connectivity index is 1.68.